The monoisotopic (exact) mass is 293 g/mol. The number of hydrogen-bond acceptors (Lipinski definition) is 4. The molecule has 0 spiro atoms. The highest BCUT2D eigenvalue weighted by Crippen LogP contribution is 2.25. The van der Waals surface area contributed by atoms with Gasteiger partial charge in [0.25, 0.3) is 0 Å². The fourth-order valence-electron chi connectivity index (χ4n) is 2.52. The van der Waals surface area contributed by atoms with Gasteiger partial charge < -0.3 is 10.2 Å². The molecule has 1 aliphatic heterocycles. The van der Waals surface area contributed by atoms with Gasteiger partial charge >= 0.3 is 0 Å². The number of rotatable bonds is 4. The van der Waals surface area contributed by atoms with Gasteiger partial charge in [0.1, 0.15) is 17.3 Å². The van der Waals surface area contributed by atoms with Gasteiger partial charge in [0.2, 0.25) is 11.8 Å². The molecule has 1 aromatic heterocycles. The van der Waals surface area contributed by atoms with Crippen LogP contribution in [0.1, 0.15) is 39.8 Å². The van der Waals surface area contributed by atoms with Gasteiger partial charge in [0.15, 0.2) is 0 Å². The lowest BCUT2D eigenvalue weighted by molar-refractivity contribution is -0.156. The molecule has 0 saturated carbocycles. The van der Waals surface area contributed by atoms with Gasteiger partial charge in [0.05, 0.1) is 6.54 Å². The van der Waals surface area contributed by atoms with Crippen molar-refractivity contribution in [1.82, 2.24) is 25.2 Å². The highest BCUT2D eigenvalue weighted by Gasteiger charge is 2.46. The minimum absolute atomic E-state index is 0.0565. The van der Waals surface area contributed by atoms with Crippen LogP contribution in [0.4, 0.5) is 0 Å². The van der Waals surface area contributed by atoms with Gasteiger partial charge in [-0.15, -0.1) is 5.10 Å². The molecule has 1 unspecified atom stereocenters. The van der Waals surface area contributed by atoms with E-state index in [1.54, 1.807) is 36.7 Å². The molecule has 1 fully saturated rings. The Hall–Kier alpha value is -1.92. The van der Waals surface area contributed by atoms with Crippen LogP contribution in [0.5, 0.6) is 0 Å². The van der Waals surface area contributed by atoms with E-state index >= 15 is 0 Å². The molecule has 7 nitrogen and oxygen atoms in total. The van der Waals surface area contributed by atoms with Crippen LogP contribution in [0.25, 0.3) is 0 Å². The molecule has 0 aliphatic carbocycles. The van der Waals surface area contributed by atoms with Crippen molar-refractivity contribution in [1.29, 1.82) is 0 Å². The zero-order valence-corrected chi connectivity index (χ0v) is 13.3. The Morgan fingerprint density at radius 2 is 2.05 bits per heavy atom. The molecule has 1 atom stereocenters. The van der Waals surface area contributed by atoms with Crippen molar-refractivity contribution in [3.05, 3.63) is 11.9 Å². The van der Waals surface area contributed by atoms with Gasteiger partial charge in [-0.3, -0.25) is 14.3 Å². The van der Waals surface area contributed by atoms with Crippen LogP contribution < -0.4 is 5.32 Å². The Labute approximate surface area is 124 Å². The van der Waals surface area contributed by atoms with Crippen molar-refractivity contribution in [2.75, 3.05) is 0 Å². The summed E-state index contributed by atoms with van der Waals surface area (Å²) in [6.45, 7) is 7.87. The Kier molecular flexibility index (Phi) is 4.02. The smallest absolute Gasteiger partial charge is 0.246 e. The summed E-state index contributed by atoms with van der Waals surface area (Å²) in [5.74, 6) is 0.148. The molecular weight excluding hydrogens is 270 g/mol. The van der Waals surface area contributed by atoms with E-state index in [1.807, 2.05) is 13.8 Å². The van der Waals surface area contributed by atoms with Gasteiger partial charge in [-0.25, -0.2) is 0 Å². The standard InChI is InChI=1S/C14H23N5O2/c1-9(2)6-11-12(20)19(14(3,4)13(21)15-11)8-10-7-18(5)17-16-10/h7,9,11H,6,8H2,1-5H3,(H,15,21). The Morgan fingerprint density at radius 1 is 1.38 bits per heavy atom. The molecule has 1 N–H and O–H groups in total. The van der Waals surface area contributed by atoms with E-state index in [0.717, 1.165) is 0 Å². The van der Waals surface area contributed by atoms with E-state index in [4.69, 9.17) is 0 Å². The number of carbonyl (C=O) groups excluding carboxylic acids is 2. The third-order valence-electron chi connectivity index (χ3n) is 3.78. The second-order valence-electron chi connectivity index (χ2n) is 6.52. The molecule has 1 saturated heterocycles. The largest absolute Gasteiger partial charge is 0.342 e. The number of amides is 2. The van der Waals surface area contributed by atoms with Crippen molar-refractivity contribution in [2.45, 2.75) is 52.2 Å². The van der Waals surface area contributed by atoms with Crippen molar-refractivity contribution in [3.63, 3.8) is 0 Å². The normalized spacial score (nSPS) is 21.8. The van der Waals surface area contributed by atoms with Crippen molar-refractivity contribution in [3.8, 4) is 0 Å². The van der Waals surface area contributed by atoms with Crippen LogP contribution >= 0.6 is 0 Å². The number of hydrogen-bond donors (Lipinski definition) is 1. The Balaban J connectivity index is 2.24. The van der Waals surface area contributed by atoms with E-state index in [0.29, 0.717) is 24.6 Å². The second kappa shape index (κ2) is 5.46. The first-order valence-electron chi connectivity index (χ1n) is 7.19. The number of carbonyl (C=O) groups is 2. The molecule has 116 valence electrons. The van der Waals surface area contributed by atoms with Crippen molar-refractivity contribution in [2.24, 2.45) is 13.0 Å². The second-order valence-corrected chi connectivity index (χ2v) is 6.52. The van der Waals surface area contributed by atoms with Crippen LogP contribution in [0.15, 0.2) is 6.20 Å². The van der Waals surface area contributed by atoms with E-state index in [1.165, 1.54) is 0 Å². The summed E-state index contributed by atoms with van der Waals surface area (Å²) in [6.07, 6.45) is 2.39. The van der Waals surface area contributed by atoms with Gasteiger partial charge in [-0.1, -0.05) is 19.1 Å². The third-order valence-corrected chi connectivity index (χ3v) is 3.78. The van der Waals surface area contributed by atoms with Crippen molar-refractivity contribution >= 4 is 11.8 Å². The average Bonchev–Trinajstić information content (AvgIpc) is 2.77. The quantitative estimate of drug-likeness (QED) is 0.875. The number of aromatic nitrogens is 3. The fraction of sp³-hybridized carbons (Fsp3) is 0.714. The first-order chi connectivity index (χ1) is 9.71. The zero-order valence-electron chi connectivity index (χ0n) is 13.3. The Morgan fingerprint density at radius 3 is 2.57 bits per heavy atom. The molecule has 2 amide bonds. The summed E-state index contributed by atoms with van der Waals surface area (Å²) in [7, 11) is 1.77. The minimum atomic E-state index is -0.887. The highest BCUT2D eigenvalue weighted by atomic mass is 16.2. The van der Waals surface area contributed by atoms with Gasteiger partial charge in [-0.2, -0.15) is 0 Å². The predicted molar refractivity (Wildman–Crippen MR) is 77.0 cm³/mol. The van der Waals surface area contributed by atoms with E-state index in [2.05, 4.69) is 15.6 Å². The third kappa shape index (κ3) is 3.06. The summed E-state index contributed by atoms with van der Waals surface area (Å²) in [4.78, 5) is 26.6. The van der Waals surface area contributed by atoms with Gasteiger partial charge in [0, 0.05) is 13.2 Å². The summed E-state index contributed by atoms with van der Waals surface area (Å²) in [6, 6.07) is -0.456. The summed E-state index contributed by atoms with van der Waals surface area (Å²) < 4.78 is 1.59. The molecular formula is C14H23N5O2. The van der Waals surface area contributed by atoms with Gasteiger partial charge in [-0.05, 0) is 26.2 Å². The summed E-state index contributed by atoms with van der Waals surface area (Å²) >= 11 is 0. The lowest BCUT2D eigenvalue weighted by Gasteiger charge is -2.44. The molecule has 2 heterocycles. The minimum Gasteiger partial charge on any atom is -0.342 e. The highest BCUT2D eigenvalue weighted by molar-refractivity contribution is 5.99. The maximum absolute atomic E-state index is 12.7. The summed E-state index contributed by atoms with van der Waals surface area (Å²) in [5, 5.41) is 10.7. The fourth-order valence-corrected chi connectivity index (χ4v) is 2.52. The van der Waals surface area contributed by atoms with E-state index < -0.39 is 11.6 Å². The molecule has 7 heteroatoms. The van der Waals surface area contributed by atoms with Crippen LogP contribution in [-0.4, -0.2) is 43.3 Å². The zero-order chi connectivity index (χ0) is 15.8. The van der Waals surface area contributed by atoms with Crippen molar-refractivity contribution < 1.29 is 9.59 Å². The first-order valence-corrected chi connectivity index (χ1v) is 7.19. The molecule has 21 heavy (non-hydrogen) atoms. The lowest BCUT2D eigenvalue weighted by atomic mass is 9.92. The van der Waals surface area contributed by atoms with Crippen LogP contribution in [-0.2, 0) is 23.2 Å². The molecule has 1 aromatic rings. The molecule has 1 aliphatic rings. The first kappa shape index (κ1) is 15.5. The number of nitrogens with zero attached hydrogens (tertiary/aromatic N) is 4. The van der Waals surface area contributed by atoms with Crippen LogP contribution in [0.3, 0.4) is 0 Å². The van der Waals surface area contributed by atoms with E-state index in [-0.39, 0.29) is 11.8 Å². The number of nitrogens with one attached hydrogen (secondary N) is 1. The van der Waals surface area contributed by atoms with E-state index in [9.17, 15) is 9.59 Å². The maximum atomic E-state index is 12.7. The molecule has 0 radical (unpaired) electrons. The SMILES string of the molecule is CC(C)CC1NC(=O)C(C)(C)N(Cc2cn(C)nn2)C1=O. The molecule has 0 bridgehead atoms. The van der Waals surface area contributed by atoms with Crippen LogP contribution in [0, 0.1) is 5.92 Å². The number of aryl methyl sites for hydroxylation is 1. The van der Waals surface area contributed by atoms with Crippen LogP contribution in [0.2, 0.25) is 0 Å². The molecule has 0 aromatic carbocycles. The number of piperazine rings is 1. The molecule has 2 rings (SSSR count). The average molecular weight is 293 g/mol. The maximum Gasteiger partial charge on any atom is 0.246 e. The summed E-state index contributed by atoms with van der Waals surface area (Å²) in [5.41, 5.74) is -0.209. The predicted octanol–water partition coefficient (Wildman–Crippen LogP) is 0.467. The topological polar surface area (TPSA) is 80.1 Å². The Bertz CT molecular complexity index is 549. The lowest BCUT2D eigenvalue weighted by Crippen LogP contribution is -2.68.